The standard InChI is InChI=1S/C17H23ClN2O3/c1-12(17(23-2)13-5-7-14(18)8-6-13)19-15(21)9-11-20-10-3-4-16(20)22/h5-8,12,17H,3-4,9-11H2,1-2H3,(H,19,21)/t12-,17+/m0/s1. The monoisotopic (exact) mass is 338 g/mol. The third kappa shape index (κ3) is 4.94. The van der Waals surface area contributed by atoms with Crippen LogP contribution in [0.25, 0.3) is 0 Å². The van der Waals surface area contributed by atoms with Gasteiger partial charge in [-0.05, 0) is 31.0 Å². The largest absolute Gasteiger partial charge is 0.375 e. The van der Waals surface area contributed by atoms with Crippen molar-refractivity contribution in [2.24, 2.45) is 0 Å². The lowest BCUT2D eigenvalue weighted by Crippen LogP contribution is -2.39. The normalized spacial score (nSPS) is 17.2. The van der Waals surface area contributed by atoms with E-state index < -0.39 is 0 Å². The first-order valence-electron chi connectivity index (χ1n) is 7.86. The fraction of sp³-hybridized carbons (Fsp3) is 0.529. The zero-order valence-corrected chi connectivity index (χ0v) is 14.3. The third-order valence-electron chi connectivity index (χ3n) is 4.08. The predicted octanol–water partition coefficient (Wildman–Crippen LogP) is 2.54. The maximum absolute atomic E-state index is 12.1. The van der Waals surface area contributed by atoms with Gasteiger partial charge in [0.25, 0.3) is 0 Å². The van der Waals surface area contributed by atoms with Gasteiger partial charge in [-0.15, -0.1) is 0 Å². The molecule has 23 heavy (non-hydrogen) atoms. The highest BCUT2D eigenvalue weighted by Crippen LogP contribution is 2.22. The van der Waals surface area contributed by atoms with Gasteiger partial charge in [0, 0.05) is 38.1 Å². The molecule has 1 aliphatic heterocycles. The van der Waals surface area contributed by atoms with Crippen molar-refractivity contribution < 1.29 is 14.3 Å². The molecule has 1 aromatic rings. The number of nitrogens with one attached hydrogen (secondary N) is 1. The summed E-state index contributed by atoms with van der Waals surface area (Å²) in [4.78, 5) is 25.4. The molecule has 1 saturated heterocycles. The molecule has 0 unspecified atom stereocenters. The Morgan fingerprint density at radius 2 is 2.09 bits per heavy atom. The Labute approximate surface area is 141 Å². The maximum atomic E-state index is 12.1. The van der Waals surface area contributed by atoms with E-state index >= 15 is 0 Å². The number of nitrogens with zero attached hydrogens (tertiary/aromatic N) is 1. The number of benzene rings is 1. The zero-order chi connectivity index (χ0) is 16.8. The van der Waals surface area contributed by atoms with Crippen molar-refractivity contribution in [2.75, 3.05) is 20.2 Å². The van der Waals surface area contributed by atoms with E-state index in [4.69, 9.17) is 16.3 Å². The summed E-state index contributed by atoms with van der Waals surface area (Å²) in [6.45, 7) is 3.14. The number of hydrogen-bond acceptors (Lipinski definition) is 3. The SMILES string of the molecule is CO[C@@H](c1ccc(Cl)cc1)[C@H](C)NC(=O)CCN1CCCC1=O. The van der Waals surface area contributed by atoms with Crippen molar-refractivity contribution in [3.63, 3.8) is 0 Å². The van der Waals surface area contributed by atoms with Crippen molar-refractivity contribution >= 4 is 23.4 Å². The van der Waals surface area contributed by atoms with Crippen LogP contribution in [0.5, 0.6) is 0 Å². The topological polar surface area (TPSA) is 58.6 Å². The Hall–Kier alpha value is -1.59. The molecule has 0 bridgehead atoms. The van der Waals surface area contributed by atoms with Crippen LogP contribution in [0, 0.1) is 0 Å². The average Bonchev–Trinajstić information content (AvgIpc) is 2.93. The molecule has 0 aliphatic carbocycles. The molecule has 6 heteroatoms. The maximum Gasteiger partial charge on any atom is 0.222 e. The van der Waals surface area contributed by atoms with Crippen LogP contribution < -0.4 is 5.32 Å². The first-order valence-corrected chi connectivity index (χ1v) is 8.24. The Kier molecular flexibility index (Phi) is 6.42. The molecule has 2 rings (SSSR count). The van der Waals surface area contributed by atoms with Gasteiger partial charge in [0.05, 0.1) is 6.04 Å². The van der Waals surface area contributed by atoms with E-state index in [9.17, 15) is 9.59 Å². The van der Waals surface area contributed by atoms with Crippen LogP contribution in [0.1, 0.15) is 37.9 Å². The number of carbonyl (C=O) groups excluding carboxylic acids is 2. The smallest absolute Gasteiger partial charge is 0.222 e. The van der Waals surface area contributed by atoms with Crippen LogP contribution in [0.4, 0.5) is 0 Å². The van der Waals surface area contributed by atoms with Crippen LogP contribution in [-0.4, -0.2) is 43.0 Å². The van der Waals surface area contributed by atoms with Crippen LogP contribution in [-0.2, 0) is 14.3 Å². The molecule has 1 N–H and O–H groups in total. The minimum atomic E-state index is -0.246. The first-order chi connectivity index (χ1) is 11.0. The highest BCUT2D eigenvalue weighted by Gasteiger charge is 2.23. The molecule has 1 heterocycles. The summed E-state index contributed by atoms with van der Waals surface area (Å²) < 4.78 is 5.51. The van der Waals surface area contributed by atoms with E-state index in [0.717, 1.165) is 18.5 Å². The summed E-state index contributed by atoms with van der Waals surface area (Å²) in [6.07, 6.45) is 1.55. The molecule has 0 radical (unpaired) electrons. The van der Waals surface area contributed by atoms with Crippen molar-refractivity contribution in [3.8, 4) is 0 Å². The van der Waals surface area contributed by atoms with Crippen molar-refractivity contribution in [1.82, 2.24) is 10.2 Å². The fourth-order valence-electron chi connectivity index (χ4n) is 2.86. The quantitative estimate of drug-likeness (QED) is 0.831. The number of hydrogen-bond donors (Lipinski definition) is 1. The van der Waals surface area contributed by atoms with Crippen molar-refractivity contribution in [1.29, 1.82) is 0 Å². The molecular formula is C17H23ClN2O3. The number of amides is 2. The van der Waals surface area contributed by atoms with E-state index in [2.05, 4.69) is 5.32 Å². The second kappa shape index (κ2) is 8.31. The number of likely N-dealkylation sites (tertiary alicyclic amines) is 1. The summed E-state index contributed by atoms with van der Waals surface area (Å²) in [6, 6.07) is 7.21. The van der Waals surface area contributed by atoms with Gasteiger partial charge in [0.1, 0.15) is 6.10 Å². The number of halogens is 1. The molecule has 126 valence electrons. The Morgan fingerprint density at radius 3 is 2.65 bits per heavy atom. The zero-order valence-electron chi connectivity index (χ0n) is 13.5. The van der Waals surface area contributed by atoms with Crippen LogP contribution in [0.2, 0.25) is 5.02 Å². The van der Waals surface area contributed by atoms with Gasteiger partial charge in [-0.1, -0.05) is 23.7 Å². The lowest BCUT2D eigenvalue weighted by atomic mass is 10.0. The summed E-state index contributed by atoms with van der Waals surface area (Å²) in [5, 5.41) is 3.61. The lowest BCUT2D eigenvalue weighted by Gasteiger charge is -2.24. The van der Waals surface area contributed by atoms with Gasteiger partial charge < -0.3 is 15.0 Å². The molecule has 1 fully saturated rings. The Bertz CT molecular complexity index is 547. The first kappa shape index (κ1) is 17.8. The Balaban J connectivity index is 1.85. The van der Waals surface area contributed by atoms with Gasteiger partial charge in [-0.3, -0.25) is 9.59 Å². The van der Waals surface area contributed by atoms with E-state index in [-0.39, 0.29) is 24.0 Å². The van der Waals surface area contributed by atoms with E-state index in [1.807, 2.05) is 19.1 Å². The average molecular weight is 339 g/mol. The number of carbonyl (C=O) groups is 2. The molecule has 1 aromatic carbocycles. The minimum Gasteiger partial charge on any atom is -0.375 e. The van der Waals surface area contributed by atoms with Gasteiger partial charge in [-0.25, -0.2) is 0 Å². The summed E-state index contributed by atoms with van der Waals surface area (Å²) in [7, 11) is 1.62. The van der Waals surface area contributed by atoms with Gasteiger partial charge in [-0.2, -0.15) is 0 Å². The van der Waals surface area contributed by atoms with E-state index in [0.29, 0.717) is 24.4 Å². The number of ether oxygens (including phenoxy) is 1. The van der Waals surface area contributed by atoms with Gasteiger partial charge in [0.2, 0.25) is 11.8 Å². The second-order valence-corrected chi connectivity index (χ2v) is 6.23. The number of methoxy groups -OCH3 is 1. The molecule has 5 nitrogen and oxygen atoms in total. The molecular weight excluding hydrogens is 316 g/mol. The lowest BCUT2D eigenvalue weighted by molar-refractivity contribution is -0.128. The molecule has 0 aromatic heterocycles. The van der Waals surface area contributed by atoms with Gasteiger partial charge >= 0.3 is 0 Å². The molecule has 2 atom stereocenters. The molecule has 0 saturated carbocycles. The highest BCUT2D eigenvalue weighted by molar-refractivity contribution is 6.30. The molecule has 2 amide bonds. The van der Waals surface area contributed by atoms with Gasteiger partial charge in [0.15, 0.2) is 0 Å². The summed E-state index contributed by atoms with van der Waals surface area (Å²) in [5.41, 5.74) is 0.958. The highest BCUT2D eigenvalue weighted by atomic mass is 35.5. The second-order valence-electron chi connectivity index (χ2n) is 5.80. The Morgan fingerprint density at radius 1 is 1.39 bits per heavy atom. The van der Waals surface area contributed by atoms with Crippen molar-refractivity contribution in [3.05, 3.63) is 34.9 Å². The van der Waals surface area contributed by atoms with Crippen LogP contribution in [0.3, 0.4) is 0 Å². The predicted molar refractivity (Wildman–Crippen MR) is 89.2 cm³/mol. The van der Waals surface area contributed by atoms with E-state index in [1.54, 1.807) is 24.1 Å². The third-order valence-corrected chi connectivity index (χ3v) is 4.33. The van der Waals surface area contributed by atoms with Crippen LogP contribution in [0.15, 0.2) is 24.3 Å². The summed E-state index contributed by atoms with van der Waals surface area (Å²) in [5.74, 6) is 0.0648. The molecule has 1 aliphatic rings. The minimum absolute atomic E-state index is 0.0757. The number of rotatable bonds is 7. The van der Waals surface area contributed by atoms with E-state index in [1.165, 1.54) is 0 Å². The fourth-order valence-corrected chi connectivity index (χ4v) is 2.99. The van der Waals surface area contributed by atoms with Crippen LogP contribution >= 0.6 is 11.6 Å². The van der Waals surface area contributed by atoms with Crippen molar-refractivity contribution in [2.45, 2.75) is 38.3 Å². The summed E-state index contributed by atoms with van der Waals surface area (Å²) >= 11 is 5.90. The molecule has 0 spiro atoms.